The van der Waals surface area contributed by atoms with E-state index in [4.69, 9.17) is 4.74 Å². The lowest BCUT2D eigenvalue weighted by atomic mass is 10.0. The number of nitrogens with zero attached hydrogens (tertiary/aromatic N) is 2. The van der Waals surface area contributed by atoms with E-state index in [1.54, 1.807) is 6.20 Å². The van der Waals surface area contributed by atoms with Crippen molar-refractivity contribution in [2.75, 3.05) is 18.5 Å². The first-order valence-electron chi connectivity index (χ1n) is 7.05. The van der Waals surface area contributed by atoms with E-state index < -0.39 is 5.60 Å². The maximum atomic E-state index is 10.5. The Bertz CT molecular complexity index is 414. The van der Waals surface area contributed by atoms with Crippen LogP contribution in [0.2, 0.25) is 0 Å². The minimum absolute atomic E-state index is 0.117. The number of aliphatic hydroxyl groups is 1. The number of anilines is 1. The van der Waals surface area contributed by atoms with E-state index in [1.807, 2.05) is 37.9 Å². The zero-order valence-corrected chi connectivity index (χ0v) is 12.1. The summed E-state index contributed by atoms with van der Waals surface area (Å²) in [4.78, 5) is 6.40. The molecular weight excluding hydrogens is 240 g/mol. The molecule has 1 N–H and O–H groups in total. The SMILES string of the molecule is CC(C)Oc1cccnc1N(C)CC1(O)CCCC1. The molecule has 0 aromatic carbocycles. The molecule has 1 fully saturated rings. The van der Waals surface area contributed by atoms with Gasteiger partial charge in [0.1, 0.15) is 0 Å². The van der Waals surface area contributed by atoms with Gasteiger partial charge >= 0.3 is 0 Å². The highest BCUT2D eigenvalue weighted by atomic mass is 16.5. The molecule has 1 aliphatic rings. The van der Waals surface area contributed by atoms with Gasteiger partial charge in [-0.1, -0.05) is 12.8 Å². The zero-order chi connectivity index (χ0) is 13.9. The molecule has 0 unspecified atom stereocenters. The fraction of sp³-hybridized carbons (Fsp3) is 0.667. The highest BCUT2D eigenvalue weighted by Gasteiger charge is 2.33. The minimum atomic E-state index is -0.568. The van der Waals surface area contributed by atoms with Gasteiger partial charge < -0.3 is 14.7 Å². The topological polar surface area (TPSA) is 45.6 Å². The van der Waals surface area contributed by atoms with Crippen LogP contribution in [0, 0.1) is 0 Å². The second-order valence-electron chi connectivity index (χ2n) is 5.78. The van der Waals surface area contributed by atoms with Crippen molar-refractivity contribution in [2.45, 2.75) is 51.2 Å². The minimum Gasteiger partial charge on any atom is -0.487 e. The number of likely N-dealkylation sites (N-methyl/N-ethyl adjacent to an activating group) is 1. The molecule has 106 valence electrons. The number of rotatable bonds is 5. The molecule has 0 amide bonds. The molecule has 0 aliphatic heterocycles. The van der Waals surface area contributed by atoms with E-state index in [0.29, 0.717) is 6.54 Å². The van der Waals surface area contributed by atoms with Crippen molar-refractivity contribution >= 4 is 5.82 Å². The molecular formula is C15H24N2O2. The Balaban J connectivity index is 2.11. The van der Waals surface area contributed by atoms with E-state index in [2.05, 4.69) is 4.98 Å². The largest absolute Gasteiger partial charge is 0.487 e. The van der Waals surface area contributed by atoms with Crippen molar-refractivity contribution in [1.82, 2.24) is 4.98 Å². The van der Waals surface area contributed by atoms with Crippen molar-refractivity contribution in [3.63, 3.8) is 0 Å². The average Bonchev–Trinajstić information content (AvgIpc) is 2.75. The Morgan fingerprint density at radius 2 is 2.11 bits per heavy atom. The number of hydrogen-bond donors (Lipinski definition) is 1. The molecule has 2 rings (SSSR count). The maximum Gasteiger partial charge on any atom is 0.171 e. The quantitative estimate of drug-likeness (QED) is 0.888. The summed E-state index contributed by atoms with van der Waals surface area (Å²) in [6.45, 7) is 4.61. The Morgan fingerprint density at radius 3 is 2.74 bits per heavy atom. The molecule has 0 spiro atoms. The van der Waals surface area contributed by atoms with Gasteiger partial charge in [0, 0.05) is 19.8 Å². The molecule has 1 heterocycles. The van der Waals surface area contributed by atoms with Crippen LogP contribution in [0.5, 0.6) is 5.75 Å². The van der Waals surface area contributed by atoms with Gasteiger partial charge in [-0.2, -0.15) is 0 Å². The molecule has 1 aliphatic carbocycles. The summed E-state index contributed by atoms with van der Waals surface area (Å²) in [5.41, 5.74) is -0.568. The highest BCUT2D eigenvalue weighted by Crippen LogP contribution is 2.33. The monoisotopic (exact) mass is 264 g/mol. The van der Waals surface area contributed by atoms with Crippen molar-refractivity contribution in [3.8, 4) is 5.75 Å². The van der Waals surface area contributed by atoms with Crippen LogP contribution in [0.25, 0.3) is 0 Å². The van der Waals surface area contributed by atoms with Gasteiger partial charge in [0.15, 0.2) is 11.6 Å². The Labute approximate surface area is 115 Å². The summed E-state index contributed by atoms with van der Waals surface area (Å²) in [5, 5.41) is 10.5. The smallest absolute Gasteiger partial charge is 0.171 e. The molecule has 0 saturated heterocycles. The van der Waals surface area contributed by atoms with Crippen LogP contribution >= 0.6 is 0 Å². The van der Waals surface area contributed by atoms with Crippen molar-refractivity contribution in [1.29, 1.82) is 0 Å². The lowest BCUT2D eigenvalue weighted by Crippen LogP contribution is -2.39. The summed E-state index contributed by atoms with van der Waals surface area (Å²) in [6.07, 6.45) is 5.86. The van der Waals surface area contributed by atoms with Gasteiger partial charge in [-0.25, -0.2) is 4.98 Å². The summed E-state index contributed by atoms with van der Waals surface area (Å²) < 4.78 is 5.78. The van der Waals surface area contributed by atoms with Gasteiger partial charge in [0.05, 0.1) is 11.7 Å². The summed E-state index contributed by atoms with van der Waals surface area (Å²) in [5.74, 6) is 1.58. The molecule has 4 nitrogen and oxygen atoms in total. The van der Waals surface area contributed by atoms with Gasteiger partial charge in [-0.3, -0.25) is 0 Å². The van der Waals surface area contributed by atoms with E-state index in [1.165, 1.54) is 0 Å². The molecule has 1 aromatic rings. The first kappa shape index (κ1) is 14.1. The molecule has 0 radical (unpaired) electrons. The predicted octanol–water partition coefficient (Wildman–Crippen LogP) is 2.61. The predicted molar refractivity (Wildman–Crippen MR) is 76.7 cm³/mol. The first-order valence-corrected chi connectivity index (χ1v) is 7.05. The van der Waals surface area contributed by atoms with Crippen LogP contribution in [0.1, 0.15) is 39.5 Å². The molecule has 4 heteroatoms. The number of aromatic nitrogens is 1. The third kappa shape index (κ3) is 3.60. The first-order chi connectivity index (χ1) is 9.00. The normalized spacial score (nSPS) is 17.7. The van der Waals surface area contributed by atoms with Gasteiger partial charge in [0.2, 0.25) is 0 Å². The second kappa shape index (κ2) is 5.78. The van der Waals surface area contributed by atoms with Gasteiger partial charge in [-0.05, 0) is 38.8 Å². The van der Waals surface area contributed by atoms with E-state index in [0.717, 1.165) is 37.3 Å². The third-order valence-corrected chi connectivity index (χ3v) is 3.54. The van der Waals surface area contributed by atoms with Crippen molar-refractivity contribution < 1.29 is 9.84 Å². The molecule has 1 aromatic heterocycles. The summed E-state index contributed by atoms with van der Waals surface area (Å²) in [7, 11) is 1.96. The highest BCUT2D eigenvalue weighted by molar-refractivity contribution is 5.51. The van der Waals surface area contributed by atoms with Crippen LogP contribution in [-0.4, -0.2) is 35.4 Å². The molecule has 0 atom stereocenters. The van der Waals surface area contributed by atoms with Gasteiger partial charge in [-0.15, -0.1) is 0 Å². The Kier molecular flexibility index (Phi) is 4.30. The average molecular weight is 264 g/mol. The summed E-state index contributed by atoms with van der Waals surface area (Å²) in [6, 6.07) is 3.80. The van der Waals surface area contributed by atoms with Crippen LogP contribution < -0.4 is 9.64 Å². The number of pyridine rings is 1. The lowest BCUT2D eigenvalue weighted by Gasteiger charge is -2.30. The lowest BCUT2D eigenvalue weighted by molar-refractivity contribution is 0.0556. The standard InChI is InChI=1S/C15H24N2O2/c1-12(2)19-13-7-6-10-16-14(13)17(3)11-15(18)8-4-5-9-15/h6-7,10,12,18H,4-5,8-9,11H2,1-3H3. The molecule has 19 heavy (non-hydrogen) atoms. The Morgan fingerprint density at radius 1 is 1.42 bits per heavy atom. The van der Waals surface area contributed by atoms with E-state index >= 15 is 0 Å². The van der Waals surface area contributed by atoms with E-state index in [-0.39, 0.29) is 6.10 Å². The summed E-state index contributed by atoms with van der Waals surface area (Å²) >= 11 is 0. The molecule has 0 bridgehead atoms. The molecule has 1 saturated carbocycles. The number of ether oxygens (including phenoxy) is 1. The van der Waals surface area contributed by atoms with Crippen LogP contribution in [0.4, 0.5) is 5.82 Å². The van der Waals surface area contributed by atoms with Crippen LogP contribution in [0.15, 0.2) is 18.3 Å². The fourth-order valence-corrected chi connectivity index (χ4v) is 2.72. The van der Waals surface area contributed by atoms with E-state index in [9.17, 15) is 5.11 Å². The third-order valence-electron chi connectivity index (χ3n) is 3.54. The van der Waals surface area contributed by atoms with Crippen molar-refractivity contribution in [3.05, 3.63) is 18.3 Å². The van der Waals surface area contributed by atoms with Crippen LogP contribution in [-0.2, 0) is 0 Å². The number of hydrogen-bond acceptors (Lipinski definition) is 4. The van der Waals surface area contributed by atoms with Crippen molar-refractivity contribution in [2.24, 2.45) is 0 Å². The fourth-order valence-electron chi connectivity index (χ4n) is 2.72. The van der Waals surface area contributed by atoms with Gasteiger partial charge in [0.25, 0.3) is 0 Å². The maximum absolute atomic E-state index is 10.5. The zero-order valence-electron chi connectivity index (χ0n) is 12.1. The second-order valence-corrected chi connectivity index (χ2v) is 5.78. The van der Waals surface area contributed by atoms with Crippen LogP contribution in [0.3, 0.4) is 0 Å². The Hall–Kier alpha value is -1.29.